The number of carbonyl (C=O) groups excluding carboxylic acids is 1. The molecule has 0 saturated carbocycles. The molecule has 0 spiro atoms. The SMILES string of the molecule is CNCC(=O)c1coc(Br)n1. The molecule has 60 valence electrons. The molecule has 0 radical (unpaired) electrons. The largest absolute Gasteiger partial charge is 0.439 e. The Balaban J connectivity index is 2.69. The van der Waals surface area contributed by atoms with Gasteiger partial charge >= 0.3 is 0 Å². The lowest BCUT2D eigenvalue weighted by Gasteiger charge is -1.91. The van der Waals surface area contributed by atoms with E-state index in [0.717, 1.165) is 0 Å². The van der Waals surface area contributed by atoms with Crippen molar-refractivity contribution in [1.29, 1.82) is 0 Å². The highest BCUT2D eigenvalue weighted by molar-refractivity contribution is 9.10. The van der Waals surface area contributed by atoms with E-state index >= 15 is 0 Å². The predicted molar refractivity (Wildman–Crippen MR) is 42.5 cm³/mol. The summed E-state index contributed by atoms with van der Waals surface area (Å²) in [7, 11) is 1.70. The Morgan fingerprint density at radius 2 is 2.64 bits per heavy atom. The molecular formula is C6H7BrN2O2. The van der Waals surface area contributed by atoms with E-state index in [1.165, 1.54) is 6.26 Å². The van der Waals surface area contributed by atoms with Crippen molar-refractivity contribution in [2.45, 2.75) is 0 Å². The first-order chi connectivity index (χ1) is 5.24. The molecule has 0 amide bonds. The summed E-state index contributed by atoms with van der Waals surface area (Å²) in [6, 6.07) is 0. The quantitative estimate of drug-likeness (QED) is 0.765. The minimum Gasteiger partial charge on any atom is -0.439 e. The molecule has 1 N–H and O–H groups in total. The average molecular weight is 219 g/mol. The number of Topliss-reactive ketones (excluding diaryl/α,β-unsaturated/α-hetero) is 1. The number of aromatic nitrogens is 1. The van der Waals surface area contributed by atoms with Crippen LogP contribution in [0.25, 0.3) is 0 Å². The lowest BCUT2D eigenvalue weighted by atomic mass is 10.3. The predicted octanol–water partition coefficient (Wildman–Crippen LogP) is 0.839. The molecular weight excluding hydrogens is 212 g/mol. The van der Waals surface area contributed by atoms with Gasteiger partial charge in [-0.25, -0.2) is 4.98 Å². The summed E-state index contributed by atoms with van der Waals surface area (Å²) < 4.78 is 4.79. The van der Waals surface area contributed by atoms with Crippen molar-refractivity contribution in [1.82, 2.24) is 10.3 Å². The standard InChI is InChI=1S/C6H7BrN2O2/c1-8-2-5(10)4-3-11-6(7)9-4/h3,8H,2H2,1H3. The van der Waals surface area contributed by atoms with E-state index in [9.17, 15) is 4.79 Å². The molecule has 0 saturated heterocycles. The number of likely N-dealkylation sites (N-methyl/N-ethyl adjacent to an activating group) is 1. The topological polar surface area (TPSA) is 55.1 Å². The van der Waals surface area contributed by atoms with Crippen LogP contribution in [-0.4, -0.2) is 24.4 Å². The van der Waals surface area contributed by atoms with E-state index in [1.807, 2.05) is 0 Å². The number of halogens is 1. The number of hydrogen-bond donors (Lipinski definition) is 1. The maximum absolute atomic E-state index is 11.1. The summed E-state index contributed by atoms with van der Waals surface area (Å²) in [6.45, 7) is 0.277. The first-order valence-corrected chi connectivity index (χ1v) is 3.82. The Hall–Kier alpha value is -0.680. The average Bonchev–Trinajstić information content (AvgIpc) is 2.36. The Labute approximate surface area is 72.1 Å². The molecule has 0 aliphatic carbocycles. The van der Waals surface area contributed by atoms with Crippen molar-refractivity contribution in [3.05, 3.63) is 16.8 Å². The molecule has 0 aliphatic heterocycles. The maximum Gasteiger partial charge on any atom is 0.264 e. The van der Waals surface area contributed by atoms with E-state index in [4.69, 9.17) is 4.42 Å². The third-order valence-corrected chi connectivity index (χ3v) is 1.46. The summed E-state index contributed by atoms with van der Waals surface area (Å²) >= 11 is 3.00. The first-order valence-electron chi connectivity index (χ1n) is 3.03. The van der Waals surface area contributed by atoms with Crippen LogP contribution in [-0.2, 0) is 0 Å². The van der Waals surface area contributed by atoms with Gasteiger partial charge in [-0.3, -0.25) is 4.79 Å². The summed E-state index contributed by atoms with van der Waals surface area (Å²) in [4.78, 5) is 15.2. The smallest absolute Gasteiger partial charge is 0.264 e. The fourth-order valence-corrected chi connectivity index (χ4v) is 0.916. The highest BCUT2D eigenvalue weighted by Crippen LogP contribution is 2.08. The van der Waals surface area contributed by atoms with Gasteiger partial charge in [0.05, 0.1) is 6.54 Å². The van der Waals surface area contributed by atoms with Gasteiger partial charge in [0.1, 0.15) is 12.0 Å². The zero-order valence-corrected chi connectivity index (χ0v) is 7.51. The molecule has 0 aromatic carbocycles. The van der Waals surface area contributed by atoms with Crippen LogP contribution in [0.4, 0.5) is 0 Å². The Morgan fingerprint density at radius 3 is 3.09 bits per heavy atom. The molecule has 0 unspecified atom stereocenters. The number of ketones is 1. The molecule has 4 nitrogen and oxygen atoms in total. The van der Waals surface area contributed by atoms with Gasteiger partial charge in [-0.05, 0) is 7.05 Å². The molecule has 1 aromatic heterocycles. The van der Waals surface area contributed by atoms with Gasteiger partial charge < -0.3 is 9.73 Å². The van der Waals surface area contributed by atoms with Crippen LogP contribution in [0.1, 0.15) is 10.5 Å². The number of nitrogens with one attached hydrogen (secondary N) is 1. The van der Waals surface area contributed by atoms with E-state index in [-0.39, 0.29) is 12.3 Å². The minimum atomic E-state index is -0.0815. The summed E-state index contributed by atoms with van der Waals surface area (Å²) in [6.07, 6.45) is 1.32. The normalized spacial score (nSPS) is 10.0. The second-order valence-electron chi connectivity index (χ2n) is 1.94. The zero-order chi connectivity index (χ0) is 8.27. The van der Waals surface area contributed by atoms with Crippen molar-refractivity contribution in [3.63, 3.8) is 0 Å². The molecule has 5 heteroatoms. The fraction of sp³-hybridized carbons (Fsp3) is 0.333. The summed E-state index contributed by atoms with van der Waals surface area (Å²) in [5, 5.41) is 2.73. The van der Waals surface area contributed by atoms with Crippen molar-refractivity contribution in [2.24, 2.45) is 0 Å². The zero-order valence-electron chi connectivity index (χ0n) is 5.93. The highest BCUT2D eigenvalue weighted by atomic mass is 79.9. The third-order valence-electron chi connectivity index (χ3n) is 1.10. The lowest BCUT2D eigenvalue weighted by Crippen LogP contribution is -2.18. The van der Waals surface area contributed by atoms with Crippen molar-refractivity contribution < 1.29 is 9.21 Å². The van der Waals surface area contributed by atoms with Crippen LogP contribution in [0.15, 0.2) is 15.5 Å². The number of nitrogens with zero attached hydrogens (tertiary/aromatic N) is 1. The molecule has 0 aliphatic rings. The molecule has 1 aromatic rings. The minimum absolute atomic E-state index is 0.0815. The van der Waals surface area contributed by atoms with E-state index in [1.54, 1.807) is 7.05 Å². The first kappa shape index (κ1) is 8.42. The van der Waals surface area contributed by atoms with Crippen LogP contribution in [0.5, 0.6) is 0 Å². The van der Waals surface area contributed by atoms with Gasteiger partial charge in [0.2, 0.25) is 0 Å². The molecule has 0 fully saturated rings. The molecule has 11 heavy (non-hydrogen) atoms. The Bertz CT molecular complexity index is 259. The molecule has 1 rings (SSSR count). The van der Waals surface area contributed by atoms with Gasteiger partial charge in [-0.15, -0.1) is 0 Å². The van der Waals surface area contributed by atoms with Gasteiger partial charge in [-0.2, -0.15) is 0 Å². The van der Waals surface area contributed by atoms with Crippen molar-refractivity contribution >= 4 is 21.7 Å². The number of hydrogen-bond acceptors (Lipinski definition) is 4. The van der Waals surface area contributed by atoms with E-state index in [0.29, 0.717) is 10.5 Å². The monoisotopic (exact) mass is 218 g/mol. The van der Waals surface area contributed by atoms with Gasteiger partial charge in [0.25, 0.3) is 4.80 Å². The van der Waals surface area contributed by atoms with Gasteiger partial charge in [-0.1, -0.05) is 0 Å². The third kappa shape index (κ3) is 2.13. The van der Waals surface area contributed by atoms with Crippen molar-refractivity contribution in [3.8, 4) is 0 Å². The summed E-state index contributed by atoms with van der Waals surface area (Å²) in [5.41, 5.74) is 0.339. The highest BCUT2D eigenvalue weighted by Gasteiger charge is 2.08. The molecule has 0 atom stereocenters. The van der Waals surface area contributed by atoms with Crippen molar-refractivity contribution in [2.75, 3.05) is 13.6 Å². The van der Waals surface area contributed by atoms with Gasteiger partial charge in [0.15, 0.2) is 5.78 Å². The maximum atomic E-state index is 11.1. The number of oxazole rings is 1. The second-order valence-corrected chi connectivity index (χ2v) is 2.62. The van der Waals surface area contributed by atoms with Gasteiger partial charge in [0, 0.05) is 15.9 Å². The Morgan fingerprint density at radius 1 is 1.91 bits per heavy atom. The molecule has 0 bridgehead atoms. The number of carbonyl (C=O) groups is 1. The Kier molecular flexibility index (Phi) is 2.78. The second kappa shape index (κ2) is 3.64. The molecule has 1 heterocycles. The van der Waals surface area contributed by atoms with Crippen LogP contribution in [0, 0.1) is 0 Å². The lowest BCUT2D eigenvalue weighted by molar-refractivity contribution is 0.0989. The fourth-order valence-electron chi connectivity index (χ4n) is 0.631. The van der Waals surface area contributed by atoms with Crippen LogP contribution < -0.4 is 5.32 Å². The number of rotatable bonds is 3. The summed E-state index contributed by atoms with van der Waals surface area (Å²) in [5.74, 6) is -0.0815. The van der Waals surface area contributed by atoms with E-state index in [2.05, 4.69) is 26.2 Å². The van der Waals surface area contributed by atoms with Crippen LogP contribution in [0.3, 0.4) is 0 Å². The van der Waals surface area contributed by atoms with Crippen LogP contribution >= 0.6 is 15.9 Å². The van der Waals surface area contributed by atoms with E-state index < -0.39 is 0 Å². The van der Waals surface area contributed by atoms with Crippen LogP contribution in [0.2, 0.25) is 0 Å².